The summed E-state index contributed by atoms with van der Waals surface area (Å²) in [5.74, 6) is 0.399. The molecule has 0 saturated carbocycles. The number of likely N-dealkylation sites (N-methyl/N-ethyl adjacent to an activating group) is 1. The van der Waals surface area contributed by atoms with Crippen LogP contribution in [0.3, 0.4) is 0 Å². The van der Waals surface area contributed by atoms with Crippen molar-refractivity contribution in [2.24, 2.45) is 0 Å². The minimum atomic E-state index is -3.80. The van der Waals surface area contributed by atoms with Crippen LogP contribution in [0.1, 0.15) is 0 Å². The molecule has 27 heavy (non-hydrogen) atoms. The van der Waals surface area contributed by atoms with E-state index in [4.69, 9.17) is 4.74 Å². The molecule has 0 aliphatic carbocycles. The summed E-state index contributed by atoms with van der Waals surface area (Å²) in [4.78, 5) is 12.7. The van der Waals surface area contributed by atoms with Crippen molar-refractivity contribution in [2.45, 2.75) is 4.90 Å². The highest BCUT2D eigenvalue weighted by atomic mass is 79.9. The Hall–Kier alpha value is -2.01. The summed E-state index contributed by atoms with van der Waals surface area (Å²) in [6.07, 6.45) is 0. The smallest absolute Gasteiger partial charge is 0.312 e. The van der Waals surface area contributed by atoms with Gasteiger partial charge in [0, 0.05) is 36.7 Å². The molecule has 0 N–H and O–H groups in total. The first-order valence-corrected chi connectivity index (χ1v) is 10.4. The van der Waals surface area contributed by atoms with Crippen LogP contribution < -0.4 is 4.74 Å². The summed E-state index contributed by atoms with van der Waals surface area (Å²) in [6, 6.07) is 10.5. The SMILES string of the molecule is CN1CCN(S(=O)(=O)c2ccc(Oc3ccc(Br)cc3)c([N+](=O)[O-])c2)CC1. The van der Waals surface area contributed by atoms with Crippen LogP contribution in [-0.2, 0) is 10.0 Å². The second-order valence-corrected chi connectivity index (χ2v) is 9.00. The molecule has 1 aliphatic heterocycles. The summed E-state index contributed by atoms with van der Waals surface area (Å²) >= 11 is 3.30. The number of sulfonamides is 1. The fourth-order valence-corrected chi connectivity index (χ4v) is 4.40. The molecule has 10 heteroatoms. The quantitative estimate of drug-likeness (QED) is 0.507. The van der Waals surface area contributed by atoms with Crippen LogP contribution in [0, 0.1) is 10.1 Å². The minimum absolute atomic E-state index is 0.0142. The first-order valence-electron chi connectivity index (χ1n) is 8.18. The Labute approximate surface area is 165 Å². The highest BCUT2D eigenvalue weighted by Gasteiger charge is 2.30. The molecule has 144 valence electrons. The fraction of sp³-hybridized carbons (Fsp3) is 0.294. The van der Waals surface area contributed by atoms with Gasteiger partial charge in [0.15, 0.2) is 0 Å². The highest BCUT2D eigenvalue weighted by molar-refractivity contribution is 9.10. The van der Waals surface area contributed by atoms with Crippen LogP contribution in [0.15, 0.2) is 51.8 Å². The zero-order valence-corrected chi connectivity index (χ0v) is 16.9. The zero-order valence-electron chi connectivity index (χ0n) is 14.5. The molecule has 2 aromatic carbocycles. The van der Waals surface area contributed by atoms with Crippen molar-refractivity contribution in [1.29, 1.82) is 0 Å². The van der Waals surface area contributed by atoms with Crippen molar-refractivity contribution in [3.8, 4) is 11.5 Å². The second kappa shape index (κ2) is 7.93. The van der Waals surface area contributed by atoms with E-state index in [1.54, 1.807) is 24.3 Å². The molecule has 0 spiro atoms. The van der Waals surface area contributed by atoms with Crippen LogP contribution in [0.5, 0.6) is 11.5 Å². The summed E-state index contributed by atoms with van der Waals surface area (Å²) < 4.78 is 33.4. The van der Waals surface area contributed by atoms with Crippen molar-refractivity contribution in [2.75, 3.05) is 33.2 Å². The molecule has 1 heterocycles. The maximum absolute atomic E-state index is 12.8. The lowest BCUT2D eigenvalue weighted by atomic mass is 10.3. The van der Waals surface area contributed by atoms with Crippen LogP contribution in [0.25, 0.3) is 0 Å². The molecule has 3 rings (SSSR count). The van der Waals surface area contributed by atoms with Crippen molar-refractivity contribution >= 4 is 31.6 Å². The number of rotatable bonds is 5. The number of halogens is 1. The monoisotopic (exact) mass is 455 g/mol. The Morgan fingerprint density at radius 3 is 2.30 bits per heavy atom. The summed E-state index contributed by atoms with van der Waals surface area (Å²) in [5.41, 5.74) is -0.395. The average Bonchev–Trinajstić information content (AvgIpc) is 2.64. The van der Waals surface area contributed by atoms with Crippen LogP contribution in [0.2, 0.25) is 0 Å². The van der Waals surface area contributed by atoms with Crippen LogP contribution in [-0.4, -0.2) is 55.8 Å². The fourth-order valence-electron chi connectivity index (χ4n) is 2.69. The summed E-state index contributed by atoms with van der Waals surface area (Å²) in [7, 11) is -1.88. The molecule has 0 radical (unpaired) electrons. The van der Waals surface area contributed by atoms with Gasteiger partial charge < -0.3 is 9.64 Å². The average molecular weight is 456 g/mol. The van der Waals surface area contributed by atoms with Gasteiger partial charge in [-0.3, -0.25) is 10.1 Å². The van der Waals surface area contributed by atoms with E-state index in [0.29, 0.717) is 31.9 Å². The van der Waals surface area contributed by atoms with Crippen LogP contribution >= 0.6 is 15.9 Å². The predicted octanol–water partition coefficient (Wildman–Crippen LogP) is 3.09. The summed E-state index contributed by atoms with van der Waals surface area (Å²) in [6.45, 7) is 1.94. The van der Waals surface area contributed by atoms with E-state index >= 15 is 0 Å². The number of nitrogens with zero attached hydrogens (tertiary/aromatic N) is 3. The molecule has 0 bridgehead atoms. The lowest BCUT2D eigenvalue weighted by Gasteiger charge is -2.31. The van der Waals surface area contributed by atoms with Gasteiger partial charge in [0.2, 0.25) is 15.8 Å². The molecular weight excluding hydrogens is 438 g/mol. The highest BCUT2D eigenvalue weighted by Crippen LogP contribution is 2.34. The van der Waals surface area contributed by atoms with Gasteiger partial charge >= 0.3 is 5.69 Å². The topological polar surface area (TPSA) is 93.0 Å². The Kier molecular flexibility index (Phi) is 5.80. The van der Waals surface area contributed by atoms with E-state index in [1.807, 2.05) is 11.9 Å². The maximum Gasteiger partial charge on any atom is 0.312 e. The zero-order chi connectivity index (χ0) is 19.6. The Morgan fingerprint density at radius 1 is 1.07 bits per heavy atom. The molecule has 0 aromatic heterocycles. The molecule has 0 unspecified atom stereocenters. The van der Waals surface area contributed by atoms with Crippen molar-refractivity contribution in [3.05, 3.63) is 57.1 Å². The molecule has 1 aliphatic rings. The van der Waals surface area contributed by atoms with Gasteiger partial charge in [-0.1, -0.05) is 15.9 Å². The van der Waals surface area contributed by atoms with Crippen molar-refractivity contribution in [3.63, 3.8) is 0 Å². The Balaban J connectivity index is 1.91. The first kappa shape index (κ1) is 19.7. The van der Waals surface area contributed by atoms with Gasteiger partial charge in [0.25, 0.3) is 0 Å². The van der Waals surface area contributed by atoms with E-state index in [0.717, 1.165) is 10.5 Å². The van der Waals surface area contributed by atoms with Gasteiger partial charge in [-0.25, -0.2) is 8.42 Å². The minimum Gasteiger partial charge on any atom is -0.450 e. The third kappa shape index (κ3) is 4.46. The molecule has 0 atom stereocenters. The number of ether oxygens (including phenoxy) is 1. The lowest BCUT2D eigenvalue weighted by Crippen LogP contribution is -2.47. The Morgan fingerprint density at radius 2 is 1.70 bits per heavy atom. The van der Waals surface area contributed by atoms with E-state index < -0.39 is 20.6 Å². The summed E-state index contributed by atoms with van der Waals surface area (Å²) in [5, 5.41) is 11.5. The van der Waals surface area contributed by atoms with E-state index in [9.17, 15) is 18.5 Å². The van der Waals surface area contributed by atoms with E-state index in [1.165, 1.54) is 16.4 Å². The van der Waals surface area contributed by atoms with Crippen molar-refractivity contribution < 1.29 is 18.1 Å². The molecule has 1 fully saturated rings. The molecule has 0 amide bonds. The Bertz CT molecular complexity index is 942. The second-order valence-electron chi connectivity index (χ2n) is 6.15. The van der Waals surface area contributed by atoms with E-state index in [2.05, 4.69) is 15.9 Å². The van der Waals surface area contributed by atoms with Gasteiger partial charge in [-0.2, -0.15) is 4.31 Å². The number of nitro benzene ring substituents is 1. The number of nitro groups is 1. The predicted molar refractivity (Wildman–Crippen MR) is 104 cm³/mol. The number of benzene rings is 2. The number of hydrogen-bond donors (Lipinski definition) is 0. The first-order chi connectivity index (χ1) is 12.8. The van der Waals surface area contributed by atoms with Crippen molar-refractivity contribution in [1.82, 2.24) is 9.21 Å². The van der Waals surface area contributed by atoms with Gasteiger partial charge in [-0.05, 0) is 43.4 Å². The third-order valence-corrected chi connectivity index (χ3v) is 6.69. The normalized spacial score (nSPS) is 16.2. The molecule has 2 aromatic rings. The standard InChI is InChI=1S/C17H18BrN3O5S/c1-19-8-10-20(11-9-19)27(24,25)15-6-7-17(16(12-15)21(22)23)26-14-4-2-13(18)3-5-14/h2-7,12H,8-11H2,1H3. The number of piperazine rings is 1. The van der Waals surface area contributed by atoms with Gasteiger partial charge in [0.05, 0.1) is 9.82 Å². The van der Waals surface area contributed by atoms with Gasteiger partial charge in [0.1, 0.15) is 5.75 Å². The lowest BCUT2D eigenvalue weighted by molar-refractivity contribution is -0.385. The van der Waals surface area contributed by atoms with E-state index in [-0.39, 0.29) is 10.6 Å². The van der Waals surface area contributed by atoms with Crippen LogP contribution in [0.4, 0.5) is 5.69 Å². The molecule has 8 nitrogen and oxygen atoms in total. The largest absolute Gasteiger partial charge is 0.450 e. The third-order valence-electron chi connectivity index (χ3n) is 4.27. The number of hydrogen-bond acceptors (Lipinski definition) is 6. The van der Waals surface area contributed by atoms with Gasteiger partial charge in [-0.15, -0.1) is 0 Å². The molecular formula is C17H18BrN3O5S. The maximum atomic E-state index is 12.8. The molecule has 1 saturated heterocycles.